The molecule has 0 bridgehead atoms. The van der Waals surface area contributed by atoms with Gasteiger partial charge in [0.15, 0.2) is 0 Å². The van der Waals surface area contributed by atoms with E-state index in [9.17, 15) is 4.79 Å². The van der Waals surface area contributed by atoms with Gasteiger partial charge in [-0.2, -0.15) is 0 Å². The Bertz CT molecular complexity index is 379. The summed E-state index contributed by atoms with van der Waals surface area (Å²) in [6, 6.07) is 7.36. The molecule has 0 spiro atoms. The average molecular weight is 236 g/mol. The van der Waals surface area contributed by atoms with Crippen molar-refractivity contribution >= 4 is 5.91 Å². The van der Waals surface area contributed by atoms with Gasteiger partial charge in [0.25, 0.3) is 5.91 Å². The lowest BCUT2D eigenvalue weighted by molar-refractivity contribution is 0.0735. The van der Waals surface area contributed by atoms with Crippen LogP contribution >= 0.6 is 0 Å². The molecule has 94 valence electrons. The molecular weight excluding hydrogens is 216 g/mol. The molecule has 2 N–H and O–H groups in total. The quantitative estimate of drug-likeness (QED) is 0.843. The number of carbonyl (C=O) groups excluding carboxylic acids is 1. The van der Waals surface area contributed by atoms with Crippen molar-refractivity contribution in [2.45, 2.75) is 19.4 Å². The Morgan fingerprint density at radius 1 is 1.47 bits per heavy atom. The number of hydrogen-bond donors (Lipinski definition) is 1. The Balaban J connectivity index is 2.88. The highest BCUT2D eigenvalue weighted by atomic mass is 16.5. The zero-order chi connectivity index (χ0) is 12.8. The molecule has 1 rings (SSSR count). The Morgan fingerprint density at radius 3 is 2.71 bits per heavy atom. The molecule has 0 aliphatic carbocycles. The van der Waals surface area contributed by atoms with Gasteiger partial charge >= 0.3 is 0 Å². The number of benzene rings is 1. The van der Waals surface area contributed by atoms with E-state index in [0.717, 1.165) is 6.42 Å². The summed E-state index contributed by atoms with van der Waals surface area (Å²) in [5.41, 5.74) is 6.08. The Hall–Kier alpha value is -1.55. The maximum absolute atomic E-state index is 12.2. The van der Waals surface area contributed by atoms with E-state index in [-0.39, 0.29) is 11.9 Å². The third kappa shape index (κ3) is 3.20. The summed E-state index contributed by atoms with van der Waals surface area (Å²) in [7, 11) is 3.35. The molecule has 1 aromatic carbocycles. The average Bonchev–Trinajstić information content (AvgIpc) is 2.37. The molecule has 1 atom stereocenters. The predicted octanol–water partition coefficient (Wildman–Crippen LogP) is 1.50. The van der Waals surface area contributed by atoms with E-state index < -0.39 is 0 Å². The first-order chi connectivity index (χ1) is 8.11. The third-order valence-electron chi connectivity index (χ3n) is 2.90. The van der Waals surface area contributed by atoms with Crippen LogP contribution < -0.4 is 10.5 Å². The van der Waals surface area contributed by atoms with Gasteiger partial charge in [-0.25, -0.2) is 0 Å². The van der Waals surface area contributed by atoms with Crippen molar-refractivity contribution in [3.63, 3.8) is 0 Å². The predicted molar refractivity (Wildman–Crippen MR) is 68.2 cm³/mol. The van der Waals surface area contributed by atoms with Gasteiger partial charge in [-0.1, -0.05) is 12.1 Å². The molecule has 0 saturated carbocycles. The minimum atomic E-state index is -0.0385. The second-order valence-corrected chi connectivity index (χ2v) is 4.04. The van der Waals surface area contributed by atoms with Crippen LogP contribution in [0.3, 0.4) is 0 Å². The van der Waals surface area contributed by atoms with Gasteiger partial charge in [0.2, 0.25) is 0 Å². The van der Waals surface area contributed by atoms with Crippen LogP contribution in [0.4, 0.5) is 0 Å². The van der Waals surface area contributed by atoms with Crippen LogP contribution in [0.25, 0.3) is 0 Å². The number of nitrogens with two attached hydrogens (primary N) is 1. The van der Waals surface area contributed by atoms with Gasteiger partial charge in [-0.05, 0) is 32.0 Å². The molecule has 1 unspecified atom stereocenters. The fraction of sp³-hybridized carbons (Fsp3) is 0.462. The fourth-order valence-corrected chi connectivity index (χ4v) is 1.65. The van der Waals surface area contributed by atoms with Crippen molar-refractivity contribution in [3.05, 3.63) is 29.8 Å². The maximum Gasteiger partial charge on any atom is 0.257 e. The number of para-hydroxylation sites is 1. The van der Waals surface area contributed by atoms with E-state index in [1.54, 1.807) is 31.2 Å². The highest BCUT2D eigenvalue weighted by Crippen LogP contribution is 2.19. The first-order valence-corrected chi connectivity index (χ1v) is 5.72. The normalized spacial score (nSPS) is 12.0. The second-order valence-electron chi connectivity index (χ2n) is 4.04. The minimum Gasteiger partial charge on any atom is -0.496 e. The third-order valence-corrected chi connectivity index (χ3v) is 2.90. The highest BCUT2D eigenvalue weighted by Gasteiger charge is 2.19. The van der Waals surface area contributed by atoms with E-state index in [2.05, 4.69) is 0 Å². The number of rotatable bonds is 5. The van der Waals surface area contributed by atoms with Gasteiger partial charge < -0.3 is 15.4 Å². The van der Waals surface area contributed by atoms with Crippen LogP contribution in [0.1, 0.15) is 23.7 Å². The number of methoxy groups -OCH3 is 1. The van der Waals surface area contributed by atoms with E-state index >= 15 is 0 Å². The number of amides is 1. The SMILES string of the molecule is COc1ccccc1C(=O)N(C)C(C)CCN. The lowest BCUT2D eigenvalue weighted by Crippen LogP contribution is -2.36. The smallest absolute Gasteiger partial charge is 0.257 e. The van der Waals surface area contributed by atoms with E-state index in [0.29, 0.717) is 17.9 Å². The van der Waals surface area contributed by atoms with Gasteiger partial charge in [0.1, 0.15) is 5.75 Å². The Labute approximate surface area is 102 Å². The van der Waals surface area contributed by atoms with Crippen LogP contribution in [0, 0.1) is 0 Å². The number of nitrogens with zero attached hydrogens (tertiary/aromatic N) is 1. The zero-order valence-corrected chi connectivity index (χ0v) is 10.6. The maximum atomic E-state index is 12.2. The van der Waals surface area contributed by atoms with Crippen LogP contribution in [-0.4, -0.2) is 37.6 Å². The minimum absolute atomic E-state index is 0.0385. The Kier molecular flexibility index (Phi) is 4.97. The molecule has 0 aliphatic heterocycles. The monoisotopic (exact) mass is 236 g/mol. The number of carbonyl (C=O) groups is 1. The van der Waals surface area contributed by atoms with Crippen molar-refractivity contribution in [1.82, 2.24) is 4.90 Å². The topological polar surface area (TPSA) is 55.6 Å². The molecule has 0 aliphatic rings. The van der Waals surface area contributed by atoms with Crippen molar-refractivity contribution < 1.29 is 9.53 Å². The largest absolute Gasteiger partial charge is 0.496 e. The second kappa shape index (κ2) is 6.25. The summed E-state index contributed by atoms with van der Waals surface area (Å²) < 4.78 is 5.18. The number of hydrogen-bond acceptors (Lipinski definition) is 3. The lowest BCUT2D eigenvalue weighted by Gasteiger charge is -2.25. The zero-order valence-electron chi connectivity index (χ0n) is 10.6. The molecule has 0 saturated heterocycles. The van der Waals surface area contributed by atoms with Crippen molar-refractivity contribution in [3.8, 4) is 5.75 Å². The molecular formula is C13H20N2O2. The summed E-state index contributed by atoms with van der Waals surface area (Å²) >= 11 is 0. The van der Waals surface area contributed by atoms with Crippen molar-refractivity contribution in [2.24, 2.45) is 5.73 Å². The van der Waals surface area contributed by atoms with Crippen molar-refractivity contribution in [2.75, 3.05) is 20.7 Å². The van der Waals surface area contributed by atoms with Crippen LogP contribution in [0.5, 0.6) is 5.75 Å². The van der Waals surface area contributed by atoms with Crippen LogP contribution in [0.15, 0.2) is 24.3 Å². The van der Waals surface area contributed by atoms with Crippen LogP contribution in [-0.2, 0) is 0 Å². The molecule has 4 nitrogen and oxygen atoms in total. The molecule has 0 fully saturated rings. The van der Waals surface area contributed by atoms with E-state index in [1.165, 1.54) is 0 Å². The number of ether oxygens (including phenoxy) is 1. The first kappa shape index (κ1) is 13.5. The molecule has 1 amide bonds. The van der Waals surface area contributed by atoms with Gasteiger partial charge in [0.05, 0.1) is 12.7 Å². The Morgan fingerprint density at radius 2 is 2.12 bits per heavy atom. The molecule has 17 heavy (non-hydrogen) atoms. The van der Waals surface area contributed by atoms with Crippen LogP contribution in [0.2, 0.25) is 0 Å². The van der Waals surface area contributed by atoms with E-state index in [4.69, 9.17) is 10.5 Å². The standard InChI is InChI=1S/C13H20N2O2/c1-10(8-9-14)15(2)13(16)11-6-4-5-7-12(11)17-3/h4-7,10H,8-9,14H2,1-3H3. The first-order valence-electron chi connectivity index (χ1n) is 5.72. The lowest BCUT2D eigenvalue weighted by atomic mass is 10.1. The van der Waals surface area contributed by atoms with Gasteiger partial charge in [0, 0.05) is 13.1 Å². The van der Waals surface area contributed by atoms with Gasteiger partial charge in [-0.15, -0.1) is 0 Å². The van der Waals surface area contributed by atoms with Gasteiger partial charge in [-0.3, -0.25) is 4.79 Å². The summed E-state index contributed by atoms with van der Waals surface area (Å²) in [6.07, 6.45) is 0.789. The molecule has 4 heteroatoms. The molecule has 1 aromatic rings. The molecule has 0 radical (unpaired) electrons. The molecule has 0 aromatic heterocycles. The summed E-state index contributed by atoms with van der Waals surface area (Å²) in [5.74, 6) is 0.563. The highest BCUT2D eigenvalue weighted by molar-refractivity contribution is 5.96. The molecule has 0 heterocycles. The summed E-state index contributed by atoms with van der Waals surface area (Å²) in [5, 5.41) is 0. The fourth-order valence-electron chi connectivity index (χ4n) is 1.65. The van der Waals surface area contributed by atoms with E-state index in [1.807, 2.05) is 19.1 Å². The summed E-state index contributed by atoms with van der Waals surface area (Å²) in [4.78, 5) is 13.9. The summed E-state index contributed by atoms with van der Waals surface area (Å²) in [6.45, 7) is 2.56. The van der Waals surface area contributed by atoms with Crippen molar-refractivity contribution in [1.29, 1.82) is 0 Å².